The molecule has 3 aromatic rings. The van der Waals surface area contributed by atoms with Crippen LogP contribution in [0.4, 0.5) is 0 Å². The van der Waals surface area contributed by atoms with Crippen LogP contribution in [0.15, 0.2) is 51.7 Å². The highest BCUT2D eigenvalue weighted by atomic mass is 16.5. The molecule has 0 bridgehead atoms. The summed E-state index contributed by atoms with van der Waals surface area (Å²) in [5, 5.41) is 0.440. The Balaban J connectivity index is 1.80. The number of hydrogen-bond donors (Lipinski definition) is 0. The fourth-order valence-corrected chi connectivity index (χ4v) is 3.41. The van der Waals surface area contributed by atoms with Crippen LogP contribution >= 0.6 is 0 Å². The van der Waals surface area contributed by atoms with Crippen molar-refractivity contribution >= 4 is 16.9 Å². The minimum atomic E-state index is -0.428. The van der Waals surface area contributed by atoms with Crippen molar-refractivity contribution in [1.29, 1.82) is 0 Å². The van der Waals surface area contributed by atoms with E-state index in [2.05, 4.69) is 6.92 Å². The second-order valence-corrected chi connectivity index (χ2v) is 7.28. The van der Waals surface area contributed by atoms with Gasteiger partial charge >= 0.3 is 5.97 Å². The predicted molar refractivity (Wildman–Crippen MR) is 117 cm³/mol. The first-order valence-corrected chi connectivity index (χ1v) is 10.5. The van der Waals surface area contributed by atoms with Crippen LogP contribution in [0.2, 0.25) is 0 Å². The molecular weight excluding hydrogens is 380 g/mol. The molecule has 30 heavy (non-hydrogen) atoms. The average molecular weight is 408 g/mol. The lowest BCUT2D eigenvalue weighted by Gasteiger charge is -2.12. The third-order valence-electron chi connectivity index (χ3n) is 5.18. The molecule has 0 radical (unpaired) electrons. The van der Waals surface area contributed by atoms with Gasteiger partial charge in [0.05, 0.1) is 23.6 Å². The molecule has 0 aliphatic carbocycles. The highest BCUT2D eigenvalue weighted by Crippen LogP contribution is 2.28. The summed E-state index contributed by atoms with van der Waals surface area (Å²) in [5.41, 5.74) is 2.53. The number of esters is 1. The number of rotatable bonds is 9. The first-order valence-electron chi connectivity index (χ1n) is 10.5. The van der Waals surface area contributed by atoms with Crippen molar-refractivity contribution in [2.45, 2.75) is 52.6 Å². The third kappa shape index (κ3) is 4.90. The van der Waals surface area contributed by atoms with Gasteiger partial charge in [0.1, 0.15) is 23.7 Å². The summed E-state index contributed by atoms with van der Waals surface area (Å²) >= 11 is 0. The monoisotopic (exact) mass is 408 g/mol. The maximum Gasteiger partial charge on any atom is 0.338 e. The first kappa shape index (κ1) is 21.6. The van der Waals surface area contributed by atoms with Crippen molar-refractivity contribution < 1.29 is 18.7 Å². The van der Waals surface area contributed by atoms with Crippen molar-refractivity contribution in [3.63, 3.8) is 0 Å². The molecule has 0 fully saturated rings. The SMILES string of the molecule is CCCCCc1ccc(C(=O)OCc2c(OC)ccc3c(=O)cc(CC)oc23)cc1. The molecule has 5 heteroatoms. The molecule has 0 atom stereocenters. The van der Waals surface area contributed by atoms with Crippen molar-refractivity contribution in [2.75, 3.05) is 7.11 Å². The molecule has 158 valence electrons. The molecule has 0 aliphatic rings. The topological polar surface area (TPSA) is 65.7 Å². The summed E-state index contributed by atoms with van der Waals surface area (Å²) in [6.45, 7) is 4.04. The molecule has 5 nitrogen and oxygen atoms in total. The standard InChI is InChI=1S/C25H28O5/c1-4-6-7-8-17-9-11-18(12-10-17)25(27)29-16-21-23(28-3)14-13-20-22(26)15-19(5-2)30-24(20)21/h9-15H,4-8,16H2,1-3H3. The molecule has 1 aromatic heterocycles. The molecular formula is C25H28O5. The summed E-state index contributed by atoms with van der Waals surface area (Å²) in [5.74, 6) is 0.660. The minimum absolute atomic E-state index is 0.0479. The van der Waals surface area contributed by atoms with Gasteiger partial charge in [0.2, 0.25) is 0 Å². The first-order chi connectivity index (χ1) is 14.6. The largest absolute Gasteiger partial charge is 0.496 e. The van der Waals surface area contributed by atoms with E-state index in [1.807, 2.05) is 19.1 Å². The van der Waals surface area contributed by atoms with E-state index in [4.69, 9.17) is 13.9 Å². The number of carbonyl (C=O) groups is 1. The molecule has 0 amide bonds. The van der Waals surface area contributed by atoms with Gasteiger partial charge in [-0.05, 0) is 42.7 Å². The van der Waals surface area contributed by atoms with Crippen molar-refractivity contribution in [2.24, 2.45) is 0 Å². The van der Waals surface area contributed by atoms with E-state index in [1.165, 1.54) is 31.6 Å². The molecule has 2 aromatic carbocycles. The van der Waals surface area contributed by atoms with E-state index in [0.29, 0.717) is 40.0 Å². The van der Waals surface area contributed by atoms with Crippen LogP contribution in [0.25, 0.3) is 11.0 Å². The van der Waals surface area contributed by atoms with E-state index in [-0.39, 0.29) is 12.0 Å². The molecule has 0 unspecified atom stereocenters. The van der Waals surface area contributed by atoms with Crippen LogP contribution in [0.1, 0.15) is 60.4 Å². The van der Waals surface area contributed by atoms with Crippen molar-refractivity contribution in [3.05, 3.63) is 75.1 Å². The maximum absolute atomic E-state index is 12.6. The summed E-state index contributed by atoms with van der Waals surface area (Å²) in [7, 11) is 1.53. The lowest BCUT2D eigenvalue weighted by Crippen LogP contribution is -2.09. The zero-order valence-electron chi connectivity index (χ0n) is 17.8. The number of aryl methyl sites for hydroxylation is 2. The van der Waals surface area contributed by atoms with Crippen LogP contribution in [0.3, 0.4) is 0 Å². The summed E-state index contributed by atoms with van der Waals surface area (Å²) in [4.78, 5) is 24.9. The Labute approximate surface area is 176 Å². The predicted octanol–water partition coefficient (Wildman–Crippen LogP) is 5.45. The Bertz CT molecular complexity index is 1060. The smallest absolute Gasteiger partial charge is 0.338 e. The molecule has 0 aliphatic heterocycles. The zero-order valence-corrected chi connectivity index (χ0v) is 17.8. The number of unbranched alkanes of at least 4 members (excludes halogenated alkanes) is 2. The Morgan fingerprint density at radius 2 is 1.80 bits per heavy atom. The van der Waals surface area contributed by atoms with Crippen LogP contribution in [0, 0.1) is 0 Å². The summed E-state index contributed by atoms with van der Waals surface area (Å²) in [6, 6.07) is 12.4. The minimum Gasteiger partial charge on any atom is -0.496 e. The fraction of sp³-hybridized carbons (Fsp3) is 0.360. The van der Waals surface area contributed by atoms with Crippen LogP contribution in [0.5, 0.6) is 5.75 Å². The molecule has 3 rings (SSSR count). The van der Waals surface area contributed by atoms with Crippen molar-refractivity contribution in [3.8, 4) is 5.75 Å². The van der Waals surface area contributed by atoms with Gasteiger partial charge in [-0.1, -0.05) is 38.8 Å². The summed E-state index contributed by atoms with van der Waals surface area (Å²) in [6.07, 6.45) is 5.13. The van der Waals surface area contributed by atoms with Gasteiger partial charge in [-0.3, -0.25) is 4.79 Å². The lowest BCUT2D eigenvalue weighted by molar-refractivity contribution is 0.0471. The normalized spacial score (nSPS) is 10.9. The molecule has 0 N–H and O–H groups in total. The average Bonchev–Trinajstić information content (AvgIpc) is 2.77. The number of benzene rings is 2. The van der Waals surface area contributed by atoms with Gasteiger partial charge in [0, 0.05) is 12.5 Å². The molecule has 0 saturated carbocycles. The van der Waals surface area contributed by atoms with E-state index in [9.17, 15) is 9.59 Å². The third-order valence-corrected chi connectivity index (χ3v) is 5.18. The van der Waals surface area contributed by atoms with E-state index < -0.39 is 5.97 Å². The number of hydrogen-bond acceptors (Lipinski definition) is 5. The number of carbonyl (C=O) groups excluding carboxylic acids is 1. The van der Waals surface area contributed by atoms with Gasteiger partial charge in [0.25, 0.3) is 0 Å². The van der Waals surface area contributed by atoms with Gasteiger partial charge < -0.3 is 13.9 Å². The number of methoxy groups -OCH3 is 1. The number of fused-ring (bicyclic) bond motifs is 1. The molecule has 0 spiro atoms. The zero-order chi connectivity index (χ0) is 21.5. The van der Waals surface area contributed by atoms with Crippen LogP contribution < -0.4 is 10.2 Å². The highest BCUT2D eigenvalue weighted by Gasteiger charge is 2.16. The van der Waals surface area contributed by atoms with Crippen LogP contribution in [-0.4, -0.2) is 13.1 Å². The van der Waals surface area contributed by atoms with E-state index >= 15 is 0 Å². The summed E-state index contributed by atoms with van der Waals surface area (Å²) < 4.78 is 16.8. The Kier molecular flexibility index (Phi) is 7.28. The second kappa shape index (κ2) is 10.1. The second-order valence-electron chi connectivity index (χ2n) is 7.28. The maximum atomic E-state index is 12.6. The molecule has 1 heterocycles. The highest BCUT2D eigenvalue weighted by molar-refractivity contribution is 5.90. The Hall–Kier alpha value is -3.08. The van der Waals surface area contributed by atoms with Gasteiger partial charge in [0.15, 0.2) is 5.43 Å². The van der Waals surface area contributed by atoms with Crippen LogP contribution in [-0.2, 0) is 24.2 Å². The van der Waals surface area contributed by atoms with E-state index in [0.717, 1.165) is 12.8 Å². The van der Waals surface area contributed by atoms with E-state index in [1.54, 1.807) is 24.3 Å². The number of ether oxygens (including phenoxy) is 2. The lowest BCUT2D eigenvalue weighted by atomic mass is 10.1. The van der Waals surface area contributed by atoms with Gasteiger partial charge in [-0.2, -0.15) is 0 Å². The van der Waals surface area contributed by atoms with Gasteiger partial charge in [-0.15, -0.1) is 0 Å². The van der Waals surface area contributed by atoms with Crippen molar-refractivity contribution in [1.82, 2.24) is 0 Å². The Morgan fingerprint density at radius 1 is 1.03 bits per heavy atom. The molecule has 0 saturated heterocycles. The van der Waals surface area contributed by atoms with Gasteiger partial charge in [-0.25, -0.2) is 4.79 Å². The fourth-order valence-electron chi connectivity index (χ4n) is 3.41. The Morgan fingerprint density at radius 3 is 2.47 bits per heavy atom. The quantitative estimate of drug-likeness (QED) is 0.348.